The molecule has 4 heteroatoms. The quantitative estimate of drug-likeness (QED) is 0.616. The highest BCUT2D eigenvalue weighted by Crippen LogP contribution is 2.27. The molecule has 1 heterocycles. The molecule has 0 unspecified atom stereocenters. The van der Waals surface area contributed by atoms with Crippen LogP contribution in [0.25, 0.3) is 10.9 Å². The molecule has 0 amide bonds. The molecule has 0 aliphatic carbocycles. The molecule has 2 nitrogen and oxygen atoms in total. The highest BCUT2D eigenvalue weighted by Gasteiger charge is 2.14. The standard InChI is InChI=1S/C16H11Br2NO/c17-11-6-4-10(5-7-11)8-15(20)12-9-19-14-3-1-2-13(18)16(12)14/h1-7,9,19H,8H2. The van der Waals surface area contributed by atoms with Gasteiger partial charge in [-0.2, -0.15) is 0 Å². The summed E-state index contributed by atoms with van der Waals surface area (Å²) in [6, 6.07) is 13.7. The van der Waals surface area contributed by atoms with Crippen molar-refractivity contribution in [3.05, 3.63) is 68.7 Å². The zero-order chi connectivity index (χ0) is 14.1. The van der Waals surface area contributed by atoms with Gasteiger partial charge >= 0.3 is 0 Å². The summed E-state index contributed by atoms with van der Waals surface area (Å²) in [6.45, 7) is 0. The SMILES string of the molecule is O=C(Cc1ccc(Br)cc1)c1c[nH]c2cccc(Br)c12. The van der Waals surface area contributed by atoms with Crippen molar-refractivity contribution in [1.82, 2.24) is 4.98 Å². The number of carbonyl (C=O) groups is 1. The van der Waals surface area contributed by atoms with E-state index in [-0.39, 0.29) is 5.78 Å². The first-order chi connectivity index (χ1) is 9.65. The van der Waals surface area contributed by atoms with Crippen LogP contribution in [0.3, 0.4) is 0 Å². The molecule has 0 aliphatic rings. The van der Waals surface area contributed by atoms with Gasteiger partial charge in [0.15, 0.2) is 5.78 Å². The Labute approximate surface area is 133 Å². The summed E-state index contributed by atoms with van der Waals surface area (Å²) in [5.41, 5.74) is 2.72. The van der Waals surface area contributed by atoms with Crippen molar-refractivity contribution >= 4 is 48.5 Å². The molecule has 0 saturated carbocycles. The van der Waals surface area contributed by atoms with Crippen LogP contribution in [0.5, 0.6) is 0 Å². The van der Waals surface area contributed by atoms with E-state index in [4.69, 9.17) is 0 Å². The molecule has 3 aromatic rings. The van der Waals surface area contributed by atoms with Gasteiger partial charge in [-0.1, -0.05) is 50.1 Å². The lowest BCUT2D eigenvalue weighted by Gasteiger charge is -2.02. The number of hydrogen-bond donors (Lipinski definition) is 1. The third-order valence-electron chi connectivity index (χ3n) is 3.23. The molecule has 2 aromatic carbocycles. The molecule has 0 aliphatic heterocycles. The second kappa shape index (κ2) is 5.54. The number of fused-ring (bicyclic) bond motifs is 1. The van der Waals surface area contributed by atoms with E-state index in [0.717, 1.165) is 31.0 Å². The molecule has 0 radical (unpaired) electrons. The molecule has 0 spiro atoms. The van der Waals surface area contributed by atoms with Crippen molar-refractivity contribution in [2.24, 2.45) is 0 Å². The Bertz CT molecular complexity index is 775. The van der Waals surface area contributed by atoms with E-state index in [1.165, 1.54) is 0 Å². The van der Waals surface area contributed by atoms with Crippen LogP contribution < -0.4 is 0 Å². The molecule has 1 N–H and O–H groups in total. The number of aromatic nitrogens is 1. The highest BCUT2D eigenvalue weighted by molar-refractivity contribution is 9.11. The maximum absolute atomic E-state index is 12.5. The van der Waals surface area contributed by atoms with Crippen molar-refractivity contribution in [3.63, 3.8) is 0 Å². The van der Waals surface area contributed by atoms with E-state index >= 15 is 0 Å². The molecule has 3 rings (SSSR count). The molecule has 100 valence electrons. The Morgan fingerprint density at radius 2 is 1.80 bits per heavy atom. The third-order valence-corrected chi connectivity index (χ3v) is 4.42. The minimum absolute atomic E-state index is 0.116. The molecule has 0 atom stereocenters. The average Bonchev–Trinajstić information content (AvgIpc) is 2.87. The number of hydrogen-bond acceptors (Lipinski definition) is 1. The van der Waals surface area contributed by atoms with Gasteiger partial charge in [0, 0.05) is 38.0 Å². The number of ketones is 1. The van der Waals surface area contributed by atoms with E-state index in [1.807, 2.05) is 42.5 Å². The smallest absolute Gasteiger partial charge is 0.169 e. The first-order valence-corrected chi connectivity index (χ1v) is 7.77. The average molecular weight is 393 g/mol. The van der Waals surface area contributed by atoms with Crippen LogP contribution >= 0.6 is 31.9 Å². The fourth-order valence-electron chi connectivity index (χ4n) is 2.24. The van der Waals surface area contributed by atoms with E-state index in [9.17, 15) is 4.79 Å². The molecule has 0 bridgehead atoms. The lowest BCUT2D eigenvalue weighted by atomic mass is 10.0. The van der Waals surface area contributed by atoms with E-state index < -0.39 is 0 Å². The molecular weight excluding hydrogens is 382 g/mol. The normalized spacial score (nSPS) is 10.9. The molecule has 0 fully saturated rings. The summed E-state index contributed by atoms with van der Waals surface area (Å²) < 4.78 is 1.96. The van der Waals surface area contributed by atoms with Crippen molar-refractivity contribution in [2.45, 2.75) is 6.42 Å². The van der Waals surface area contributed by atoms with Crippen LogP contribution in [-0.4, -0.2) is 10.8 Å². The molecule has 20 heavy (non-hydrogen) atoms. The van der Waals surface area contributed by atoms with Crippen LogP contribution in [0.1, 0.15) is 15.9 Å². The lowest BCUT2D eigenvalue weighted by molar-refractivity contribution is 0.0994. The predicted octanol–water partition coefficient (Wildman–Crippen LogP) is 5.12. The maximum Gasteiger partial charge on any atom is 0.169 e. The van der Waals surface area contributed by atoms with Gasteiger partial charge in [0.1, 0.15) is 0 Å². The van der Waals surface area contributed by atoms with Crippen LogP contribution in [0.15, 0.2) is 57.6 Å². The van der Waals surface area contributed by atoms with Crippen LogP contribution in [0.2, 0.25) is 0 Å². The summed E-state index contributed by atoms with van der Waals surface area (Å²) in [5, 5.41) is 0.953. The van der Waals surface area contributed by atoms with E-state index in [0.29, 0.717) is 6.42 Å². The van der Waals surface area contributed by atoms with Crippen LogP contribution in [-0.2, 0) is 6.42 Å². The monoisotopic (exact) mass is 391 g/mol. The maximum atomic E-state index is 12.5. The van der Waals surface area contributed by atoms with E-state index in [1.54, 1.807) is 6.20 Å². The Hall–Kier alpha value is -1.39. The van der Waals surface area contributed by atoms with Gasteiger partial charge in [-0.15, -0.1) is 0 Å². The van der Waals surface area contributed by atoms with Gasteiger partial charge in [0.05, 0.1) is 0 Å². The first-order valence-electron chi connectivity index (χ1n) is 6.18. The third kappa shape index (κ3) is 2.58. The van der Waals surface area contributed by atoms with E-state index in [2.05, 4.69) is 36.8 Å². The Morgan fingerprint density at radius 3 is 2.55 bits per heavy atom. The number of nitrogens with one attached hydrogen (secondary N) is 1. The second-order valence-corrected chi connectivity index (χ2v) is 6.36. The van der Waals surface area contributed by atoms with Crippen molar-refractivity contribution in [1.29, 1.82) is 0 Å². The van der Waals surface area contributed by atoms with Gasteiger partial charge < -0.3 is 4.98 Å². The number of rotatable bonds is 3. The Morgan fingerprint density at radius 1 is 1.05 bits per heavy atom. The van der Waals surface area contributed by atoms with Gasteiger partial charge in [-0.25, -0.2) is 0 Å². The van der Waals surface area contributed by atoms with Gasteiger partial charge in [-0.05, 0) is 29.8 Å². The minimum atomic E-state index is 0.116. The first kappa shape index (κ1) is 13.6. The summed E-state index contributed by atoms with van der Waals surface area (Å²) in [4.78, 5) is 15.6. The lowest BCUT2D eigenvalue weighted by Crippen LogP contribution is -2.02. The number of aromatic amines is 1. The molecule has 1 aromatic heterocycles. The largest absolute Gasteiger partial charge is 0.360 e. The summed E-state index contributed by atoms with van der Waals surface area (Å²) in [7, 11) is 0. The van der Waals surface area contributed by atoms with Crippen molar-refractivity contribution in [2.75, 3.05) is 0 Å². The summed E-state index contributed by atoms with van der Waals surface area (Å²) in [5.74, 6) is 0.116. The van der Waals surface area contributed by atoms with Crippen molar-refractivity contribution < 1.29 is 4.79 Å². The second-order valence-electron chi connectivity index (χ2n) is 4.59. The minimum Gasteiger partial charge on any atom is -0.360 e. The van der Waals surface area contributed by atoms with Crippen LogP contribution in [0, 0.1) is 0 Å². The fraction of sp³-hybridized carbons (Fsp3) is 0.0625. The number of benzene rings is 2. The van der Waals surface area contributed by atoms with Crippen LogP contribution in [0.4, 0.5) is 0 Å². The zero-order valence-electron chi connectivity index (χ0n) is 10.5. The topological polar surface area (TPSA) is 32.9 Å². The number of carbonyl (C=O) groups excluding carboxylic acids is 1. The Kier molecular flexibility index (Phi) is 3.76. The fourth-order valence-corrected chi connectivity index (χ4v) is 3.09. The summed E-state index contributed by atoms with van der Waals surface area (Å²) >= 11 is 6.91. The highest BCUT2D eigenvalue weighted by atomic mass is 79.9. The molecular formula is C16H11Br2NO. The molecule has 0 saturated heterocycles. The zero-order valence-corrected chi connectivity index (χ0v) is 13.7. The van der Waals surface area contributed by atoms with Gasteiger partial charge in [-0.3, -0.25) is 4.79 Å². The Balaban J connectivity index is 1.95. The predicted molar refractivity (Wildman–Crippen MR) is 88.2 cm³/mol. The van der Waals surface area contributed by atoms with Gasteiger partial charge in [0.25, 0.3) is 0 Å². The number of H-pyrrole nitrogens is 1. The number of Topliss-reactive ketones (excluding diaryl/α,β-unsaturated/α-hetero) is 1. The summed E-state index contributed by atoms with van der Waals surface area (Å²) in [6.07, 6.45) is 2.19. The number of halogens is 2. The van der Waals surface area contributed by atoms with Crippen molar-refractivity contribution in [3.8, 4) is 0 Å². The van der Waals surface area contributed by atoms with Gasteiger partial charge in [0.2, 0.25) is 0 Å².